The van der Waals surface area contributed by atoms with Crippen LogP contribution in [-0.4, -0.2) is 82.1 Å². The fourth-order valence-corrected chi connectivity index (χ4v) is 5.12. The lowest BCUT2D eigenvalue weighted by Gasteiger charge is -2.34. The Morgan fingerprint density at radius 1 is 0.944 bits per heavy atom. The van der Waals surface area contributed by atoms with Crippen molar-refractivity contribution in [2.45, 2.75) is 18.8 Å². The first-order valence-corrected chi connectivity index (χ1v) is 12.5. The Labute approximate surface area is 209 Å². The van der Waals surface area contributed by atoms with Crippen molar-refractivity contribution in [1.82, 2.24) is 29.9 Å². The first kappa shape index (κ1) is 22.6. The SMILES string of the molecule is CN1CCN(c2cnc3c(C4CCN(C(=O)c5cc(-c6ccccc6)on5)CC4)ncnc3c2)CC1. The summed E-state index contributed by atoms with van der Waals surface area (Å²) in [6.45, 7) is 5.36. The summed E-state index contributed by atoms with van der Waals surface area (Å²) in [5, 5.41) is 4.03. The Balaban J connectivity index is 1.14. The number of likely N-dealkylation sites (N-methyl/N-ethyl adjacent to an activating group) is 1. The first-order chi connectivity index (χ1) is 17.7. The molecule has 2 fully saturated rings. The average Bonchev–Trinajstić information content (AvgIpc) is 3.44. The molecule has 36 heavy (non-hydrogen) atoms. The standard InChI is InChI=1S/C27H29N7O2/c1-32-11-13-33(14-12-32)21-15-22-26(28-17-21)25(30-18-29-22)20-7-9-34(10-8-20)27(35)23-16-24(36-31-23)19-5-3-2-4-6-19/h2-6,15-18,20H,7-14H2,1H3. The van der Waals surface area contributed by atoms with E-state index < -0.39 is 0 Å². The zero-order valence-electron chi connectivity index (χ0n) is 20.4. The minimum atomic E-state index is -0.0955. The third-order valence-electron chi connectivity index (χ3n) is 7.31. The predicted octanol–water partition coefficient (Wildman–Crippen LogP) is 3.45. The van der Waals surface area contributed by atoms with Gasteiger partial charge in [-0.2, -0.15) is 0 Å². The number of piperidine rings is 1. The number of nitrogens with zero attached hydrogens (tertiary/aromatic N) is 7. The maximum atomic E-state index is 13.1. The molecular formula is C27H29N7O2. The van der Waals surface area contributed by atoms with Gasteiger partial charge in [-0.3, -0.25) is 9.78 Å². The number of benzene rings is 1. The number of hydrogen-bond acceptors (Lipinski definition) is 8. The molecule has 0 atom stereocenters. The largest absolute Gasteiger partial charge is 0.368 e. The first-order valence-electron chi connectivity index (χ1n) is 12.5. The van der Waals surface area contributed by atoms with Gasteiger partial charge in [0.1, 0.15) is 11.8 Å². The van der Waals surface area contributed by atoms with E-state index in [4.69, 9.17) is 9.51 Å². The van der Waals surface area contributed by atoms with Gasteiger partial charge in [0.05, 0.1) is 23.1 Å². The van der Waals surface area contributed by atoms with Gasteiger partial charge in [0, 0.05) is 56.8 Å². The number of fused-ring (bicyclic) bond motifs is 1. The van der Waals surface area contributed by atoms with E-state index >= 15 is 0 Å². The molecule has 6 rings (SSSR count). The van der Waals surface area contributed by atoms with Crippen molar-refractivity contribution >= 4 is 22.6 Å². The van der Waals surface area contributed by atoms with E-state index in [0.717, 1.165) is 67.0 Å². The van der Waals surface area contributed by atoms with Gasteiger partial charge < -0.3 is 19.2 Å². The molecule has 1 aromatic carbocycles. The van der Waals surface area contributed by atoms with Crippen molar-refractivity contribution in [3.8, 4) is 11.3 Å². The van der Waals surface area contributed by atoms with Crippen LogP contribution < -0.4 is 4.90 Å². The molecule has 2 aliphatic heterocycles. The molecular weight excluding hydrogens is 454 g/mol. The molecule has 0 saturated carbocycles. The minimum Gasteiger partial charge on any atom is -0.368 e. The van der Waals surface area contributed by atoms with Crippen LogP contribution in [0.25, 0.3) is 22.4 Å². The van der Waals surface area contributed by atoms with E-state index in [1.807, 2.05) is 41.4 Å². The van der Waals surface area contributed by atoms with E-state index in [-0.39, 0.29) is 11.8 Å². The molecule has 0 aliphatic carbocycles. The molecule has 9 heteroatoms. The van der Waals surface area contributed by atoms with Crippen LogP contribution in [0.5, 0.6) is 0 Å². The number of piperazine rings is 1. The summed E-state index contributed by atoms with van der Waals surface area (Å²) in [7, 11) is 2.15. The number of rotatable bonds is 4. The van der Waals surface area contributed by atoms with Gasteiger partial charge in [0.2, 0.25) is 0 Å². The maximum absolute atomic E-state index is 13.1. The molecule has 5 heterocycles. The van der Waals surface area contributed by atoms with Gasteiger partial charge in [-0.25, -0.2) is 9.97 Å². The Morgan fingerprint density at radius 3 is 2.50 bits per heavy atom. The van der Waals surface area contributed by atoms with Crippen LogP contribution in [0.3, 0.4) is 0 Å². The molecule has 0 radical (unpaired) electrons. The maximum Gasteiger partial charge on any atom is 0.276 e. The predicted molar refractivity (Wildman–Crippen MR) is 137 cm³/mol. The van der Waals surface area contributed by atoms with Crippen LogP contribution >= 0.6 is 0 Å². The molecule has 0 N–H and O–H groups in total. The smallest absolute Gasteiger partial charge is 0.276 e. The Kier molecular flexibility index (Phi) is 6.06. The topological polar surface area (TPSA) is 91.5 Å². The van der Waals surface area contributed by atoms with Gasteiger partial charge in [-0.15, -0.1) is 0 Å². The summed E-state index contributed by atoms with van der Waals surface area (Å²) in [4.78, 5) is 33.6. The fraction of sp³-hybridized carbons (Fsp3) is 0.370. The number of likely N-dealkylation sites (tertiary alicyclic amines) is 1. The summed E-state index contributed by atoms with van der Waals surface area (Å²) in [5.74, 6) is 0.740. The summed E-state index contributed by atoms with van der Waals surface area (Å²) in [6.07, 6.45) is 5.24. The zero-order valence-corrected chi connectivity index (χ0v) is 20.4. The number of carbonyl (C=O) groups is 1. The third-order valence-corrected chi connectivity index (χ3v) is 7.31. The van der Waals surface area contributed by atoms with Crippen molar-refractivity contribution in [3.05, 3.63) is 66.4 Å². The van der Waals surface area contributed by atoms with Crippen LogP contribution in [0.2, 0.25) is 0 Å². The lowest BCUT2D eigenvalue weighted by Crippen LogP contribution is -2.44. The molecule has 2 saturated heterocycles. The number of carbonyl (C=O) groups excluding carboxylic acids is 1. The Bertz CT molecular complexity index is 1360. The van der Waals surface area contributed by atoms with Gasteiger partial charge in [-0.1, -0.05) is 35.5 Å². The van der Waals surface area contributed by atoms with Crippen molar-refractivity contribution in [3.63, 3.8) is 0 Å². The zero-order chi connectivity index (χ0) is 24.5. The normalized spacial score (nSPS) is 17.6. The van der Waals surface area contributed by atoms with Crippen molar-refractivity contribution < 1.29 is 9.32 Å². The van der Waals surface area contributed by atoms with Crippen LogP contribution in [0, 0.1) is 0 Å². The Morgan fingerprint density at radius 2 is 1.72 bits per heavy atom. The highest BCUT2D eigenvalue weighted by Crippen LogP contribution is 2.32. The lowest BCUT2D eigenvalue weighted by molar-refractivity contribution is 0.0702. The molecule has 0 unspecified atom stereocenters. The highest BCUT2D eigenvalue weighted by atomic mass is 16.5. The van der Waals surface area contributed by atoms with Gasteiger partial charge in [0.25, 0.3) is 5.91 Å². The van der Waals surface area contributed by atoms with Crippen molar-refractivity contribution in [2.24, 2.45) is 0 Å². The summed E-state index contributed by atoms with van der Waals surface area (Å²) in [6, 6.07) is 13.5. The molecule has 3 aromatic heterocycles. The number of amides is 1. The summed E-state index contributed by atoms with van der Waals surface area (Å²) < 4.78 is 5.43. The Hall–Kier alpha value is -3.85. The van der Waals surface area contributed by atoms with Crippen molar-refractivity contribution in [2.75, 3.05) is 51.2 Å². The monoisotopic (exact) mass is 483 g/mol. The second-order valence-corrected chi connectivity index (χ2v) is 9.62. The van der Waals surface area contributed by atoms with E-state index in [9.17, 15) is 4.79 Å². The minimum absolute atomic E-state index is 0.0955. The van der Waals surface area contributed by atoms with E-state index in [2.05, 4.69) is 38.0 Å². The fourth-order valence-electron chi connectivity index (χ4n) is 5.12. The highest BCUT2D eigenvalue weighted by molar-refractivity contribution is 5.93. The quantitative estimate of drug-likeness (QED) is 0.436. The van der Waals surface area contributed by atoms with E-state index in [1.165, 1.54) is 0 Å². The number of hydrogen-bond donors (Lipinski definition) is 0. The second-order valence-electron chi connectivity index (χ2n) is 9.62. The summed E-state index contributed by atoms with van der Waals surface area (Å²) in [5.41, 5.74) is 5.09. The van der Waals surface area contributed by atoms with E-state index in [0.29, 0.717) is 24.5 Å². The number of aromatic nitrogens is 4. The van der Waals surface area contributed by atoms with Gasteiger partial charge in [0.15, 0.2) is 11.5 Å². The number of anilines is 1. The van der Waals surface area contributed by atoms with Gasteiger partial charge in [-0.05, 0) is 26.0 Å². The molecule has 1 amide bonds. The van der Waals surface area contributed by atoms with Gasteiger partial charge >= 0.3 is 0 Å². The summed E-state index contributed by atoms with van der Waals surface area (Å²) >= 11 is 0. The van der Waals surface area contributed by atoms with E-state index in [1.54, 1.807) is 12.4 Å². The molecule has 9 nitrogen and oxygen atoms in total. The molecule has 0 spiro atoms. The van der Waals surface area contributed by atoms with Crippen molar-refractivity contribution in [1.29, 1.82) is 0 Å². The lowest BCUT2D eigenvalue weighted by atomic mass is 9.92. The second kappa shape index (κ2) is 9.66. The van der Waals surface area contributed by atoms with Crippen LogP contribution in [-0.2, 0) is 0 Å². The molecule has 0 bridgehead atoms. The third kappa shape index (κ3) is 4.42. The van der Waals surface area contributed by atoms with Crippen LogP contribution in [0.1, 0.15) is 34.9 Å². The number of pyridine rings is 1. The highest BCUT2D eigenvalue weighted by Gasteiger charge is 2.29. The van der Waals surface area contributed by atoms with Crippen LogP contribution in [0.15, 0.2) is 59.5 Å². The average molecular weight is 484 g/mol. The molecule has 4 aromatic rings. The molecule has 184 valence electrons. The molecule has 2 aliphatic rings. The van der Waals surface area contributed by atoms with Crippen LogP contribution in [0.4, 0.5) is 5.69 Å².